The Bertz CT molecular complexity index is 527. The first-order valence-electron chi connectivity index (χ1n) is 9.26. The van der Waals surface area contributed by atoms with Gasteiger partial charge in [0, 0.05) is 5.71 Å². The van der Waals surface area contributed by atoms with Gasteiger partial charge in [0.2, 0.25) is 0 Å². The summed E-state index contributed by atoms with van der Waals surface area (Å²) >= 11 is 0. The largest absolute Gasteiger partial charge is 0.484 e. The van der Waals surface area contributed by atoms with Gasteiger partial charge in [0.25, 0.3) is 5.91 Å². The molecule has 24 heavy (non-hydrogen) atoms. The van der Waals surface area contributed by atoms with Gasteiger partial charge in [-0.15, -0.1) is 0 Å². The van der Waals surface area contributed by atoms with E-state index in [1.165, 1.54) is 37.7 Å². The van der Waals surface area contributed by atoms with Crippen LogP contribution in [0.15, 0.2) is 29.4 Å². The van der Waals surface area contributed by atoms with Crippen molar-refractivity contribution < 1.29 is 9.53 Å². The molecule has 4 heteroatoms. The van der Waals surface area contributed by atoms with Gasteiger partial charge in [0.1, 0.15) is 5.75 Å². The number of nitrogens with zero attached hydrogens (tertiary/aromatic N) is 1. The highest BCUT2D eigenvalue weighted by Crippen LogP contribution is 2.21. The summed E-state index contributed by atoms with van der Waals surface area (Å²) in [5, 5.41) is 4.28. The molecule has 1 aliphatic carbocycles. The number of hydrogen-bond donors (Lipinski definition) is 1. The third kappa shape index (κ3) is 6.34. The Kier molecular flexibility index (Phi) is 7.80. The molecule has 2 rings (SSSR count). The van der Waals surface area contributed by atoms with Crippen LogP contribution in [0.1, 0.15) is 76.7 Å². The van der Waals surface area contributed by atoms with Crippen molar-refractivity contribution >= 4 is 11.6 Å². The molecule has 1 fully saturated rings. The van der Waals surface area contributed by atoms with Gasteiger partial charge in [-0.3, -0.25) is 4.79 Å². The molecule has 0 heterocycles. The third-order valence-corrected chi connectivity index (χ3v) is 4.70. The standard InChI is InChI=1S/C20H30N2O2/c1-3-16(2)17-11-13-19(14-12-17)24-15-20(23)22-21-18-9-7-5-4-6-8-10-18/h11-14,16H,3-10,15H2,1-2H3,(H,22,23). The van der Waals surface area contributed by atoms with Crippen LogP contribution in [-0.4, -0.2) is 18.2 Å². The Morgan fingerprint density at radius 2 is 1.75 bits per heavy atom. The van der Waals surface area contributed by atoms with Gasteiger partial charge in [-0.25, -0.2) is 5.43 Å². The maximum absolute atomic E-state index is 11.9. The van der Waals surface area contributed by atoms with E-state index in [-0.39, 0.29) is 12.5 Å². The first-order chi connectivity index (χ1) is 11.7. The van der Waals surface area contributed by atoms with Crippen molar-refractivity contribution in [1.82, 2.24) is 5.43 Å². The van der Waals surface area contributed by atoms with Crippen molar-refractivity contribution in [2.75, 3.05) is 6.61 Å². The number of ether oxygens (including phenoxy) is 1. The summed E-state index contributed by atoms with van der Waals surface area (Å²) in [7, 11) is 0. The average molecular weight is 330 g/mol. The second kappa shape index (κ2) is 10.1. The lowest BCUT2D eigenvalue weighted by molar-refractivity contribution is -0.123. The predicted octanol–water partition coefficient (Wildman–Crippen LogP) is 4.80. The van der Waals surface area contributed by atoms with Gasteiger partial charge in [-0.2, -0.15) is 5.10 Å². The van der Waals surface area contributed by atoms with Gasteiger partial charge in [-0.05, 0) is 55.7 Å². The number of rotatable bonds is 6. The van der Waals surface area contributed by atoms with Gasteiger partial charge in [0.15, 0.2) is 6.61 Å². The van der Waals surface area contributed by atoms with Crippen LogP contribution in [0.3, 0.4) is 0 Å². The van der Waals surface area contributed by atoms with Crippen LogP contribution < -0.4 is 10.2 Å². The van der Waals surface area contributed by atoms with E-state index in [9.17, 15) is 4.79 Å². The van der Waals surface area contributed by atoms with Gasteiger partial charge >= 0.3 is 0 Å². The van der Waals surface area contributed by atoms with E-state index in [1.54, 1.807) is 0 Å². The molecule has 1 amide bonds. The van der Waals surface area contributed by atoms with Crippen LogP contribution in [-0.2, 0) is 4.79 Å². The number of benzene rings is 1. The molecule has 0 aromatic heterocycles. The molecule has 1 unspecified atom stereocenters. The Morgan fingerprint density at radius 3 is 2.38 bits per heavy atom. The minimum absolute atomic E-state index is 0.000538. The fourth-order valence-corrected chi connectivity index (χ4v) is 2.88. The first kappa shape index (κ1) is 18.5. The molecule has 1 aliphatic rings. The highest BCUT2D eigenvalue weighted by atomic mass is 16.5. The molecule has 0 bridgehead atoms. The number of carbonyl (C=O) groups excluding carboxylic acids is 1. The van der Waals surface area contributed by atoms with E-state index in [0.29, 0.717) is 5.92 Å². The van der Waals surface area contributed by atoms with E-state index in [4.69, 9.17) is 4.74 Å². The molecule has 0 radical (unpaired) electrons. The van der Waals surface area contributed by atoms with Crippen molar-refractivity contribution in [1.29, 1.82) is 0 Å². The summed E-state index contributed by atoms with van der Waals surface area (Å²) in [4.78, 5) is 11.9. The zero-order chi connectivity index (χ0) is 17.2. The number of carbonyl (C=O) groups is 1. The van der Waals surface area contributed by atoms with Gasteiger partial charge in [-0.1, -0.05) is 45.2 Å². The predicted molar refractivity (Wildman–Crippen MR) is 98.5 cm³/mol. The number of nitrogens with one attached hydrogen (secondary N) is 1. The van der Waals surface area contributed by atoms with Gasteiger partial charge in [0.05, 0.1) is 0 Å². The van der Waals surface area contributed by atoms with E-state index >= 15 is 0 Å². The summed E-state index contributed by atoms with van der Waals surface area (Å²) in [6, 6.07) is 7.98. The maximum Gasteiger partial charge on any atom is 0.277 e. The van der Waals surface area contributed by atoms with Crippen LogP contribution >= 0.6 is 0 Å². The highest BCUT2D eigenvalue weighted by Gasteiger charge is 2.07. The summed E-state index contributed by atoms with van der Waals surface area (Å²) in [6.45, 7) is 4.38. The summed E-state index contributed by atoms with van der Waals surface area (Å²) in [5.41, 5.74) is 5.04. The Morgan fingerprint density at radius 1 is 1.12 bits per heavy atom. The molecule has 1 atom stereocenters. The molecule has 4 nitrogen and oxygen atoms in total. The fourth-order valence-electron chi connectivity index (χ4n) is 2.88. The fraction of sp³-hybridized carbons (Fsp3) is 0.600. The van der Waals surface area contributed by atoms with E-state index in [1.807, 2.05) is 12.1 Å². The van der Waals surface area contributed by atoms with Crippen LogP contribution in [0.2, 0.25) is 0 Å². The molecule has 1 aromatic carbocycles. The zero-order valence-corrected chi connectivity index (χ0v) is 15.0. The Labute approximate surface area is 145 Å². The second-order valence-electron chi connectivity index (χ2n) is 6.65. The average Bonchev–Trinajstić information content (AvgIpc) is 2.58. The van der Waals surface area contributed by atoms with Crippen LogP contribution in [0.5, 0.6) is 5.75 Å². The molecule has 132 valence electrons. The van der Waals surface area contributed by atoms with Crippen molar-refractivity contribution in [2.24, 2.45) is 5.10 Å². The number of hydrogen-bond acceptors (Lipinski definition) is 3. The van der Waals surface area contributed by atoms with Crippen molar-refractivity contribution in [2.45, 2.75) is 71.1 Å². The monoisotopic (exact) mass is 330 g/mol. The summed E-state index contributed by atoms with van der Waals surface area (Å²) in [5.74, 6) is 1.06. The molecular formula is C20H30N2O2. The molecule has 0 saturated heterocycles. The molecule has 0 aliphatic heterocycles. The van der Waals surface area contributed by atoms with Gasteiger partial charge < -0.3 is 4.74 Å². The molecular weight excluding hydrogens is 300 g/mol. The van der Waals surface area contributed by atoms with E-state index < -0.39 is 0 Å². The Hall–Kier alpha value is -1.84. The summed E-state index contributed by atoms with van der Waals surface area (Å²) in [6.07, 6.45) is 9.32. The van der Waals surface area contributed by atoms with Crippen LogP contribution in [0.25, 0.3) is 0 Å². The van der Waals surface area contributed by atoms with Crippen molar-refractivity contribution in [3.05, 3.63) is 29.8 Å². The molecule has 0 spiro atoms. The molecule has 1 aromatic rings. The topological polar surface area (TPSA) is 50.7 Å². The number of amides is 1. The summed E-state index contributed by atoms with van der Waals surface area (Å²) < 4.78 is 5.54. The van der Waals surface area contributed by atoms with E-state index in [2.05, 4.69) is 36.5 Å². The third-order valence-electron chi connectivity index (χ3n) is 4.70. The van der Waals surface area contributed by atoms with Crippen molar-refractivity contribution in [3.63, 3.8) is 0 Å². The normalized spacial score (nSPS) is 16.7. The number of hydrazone groups is 1. The lowest BCUT2D eigenvalue weighted by Crippen LogP contribution is -2.26. The first-order valence-corrected chi connectivity index (χ1v) is 9.26. The van der Waals surface area contributed by atoms with E-state index in [0.717, 1.165) is 30.7 Å². The Balaban J connectivity index is 1.76. The second-order valence-corrected chi connectivity index (χ2v) is 6.65. The minimum Gasteiger partial charge on any atom is -0.484 e. The molecule has 1 saturated carbocycles. The zero-order valence-electron chi connectivity index (χ0n) is 15.0. The maximum atomic E-state index is 11.9. The van der Waals surface area contributed by atoms with Crippen LogP contribution in [0.4, 0.5) is 0 Å². The molecule has 1 N–H and O–H groups in total. The quantitative estimate of drug-likeness (QED) is 0.762. The van der Waals surface area contributed by atoms with Crippen molar-refractivity contribution in [3.8, 4) is 5.75 Å². The SMILES string of the molecule is CCC(C)c1ccc(OCC(=O)NN=C2CCCCCCC2)cc1. The smallest absolute Gasteiger partial charge is 0.277 e. The lowest BCUT2D eigenvalue weighted by atomic mass is 9.99. The van der Waals surface area contributed by atoms with Crippen LogP contribution in [0, 0.1) is 0 Å². The highest BCUT2D eigenvalue weighted by molar-refractivity contribution is 5.86. The minimum atomic E-state index is -0.199. The lowest BCUT2D eigenvalue weighted by Gasteiger charge is -2.12.